The second-order valence-electron chi connectivity index (χ2n) is 5.64. The average molecular weight is 279 g/mol. The Bertz CT molecular complexity index is 389. The molecule has 2 rings (SSSR count). The average Bonchev–Trinajstić information content (AvgIpc) is 3.27. The summed E-state index contributed by atoms with van der Waals surface area (Å²) in [6.07, 6.45) is 5.12. The van der Waals surface area contributed by atoms with E-state index >= 15 is 0 Å². The van der Waals surface area contributed by atoms with Crippen molar-refractivity contribution < 1.29 is 4.39 Å². The van der Waals surface area contributed by atoms with Crippen molar-refractivity contribution in [2.45, 2.75) is 39.2 Å². The molecule has 1 saturated carbocycles. The molecule has 1 aliphatic carbocycles. The lowest BCUT2D eigenvalue weighted by molar-refractivity contribution is 0.258. The highest BCUT2D eigenvalue weighted by atomic mass is 19.1. The maximum absolute atomic E-state index is 13.0. The molecule has 0 bridgehead atoms. The van der Waals surface area contributed by atoms with Crippen LogP contribution in [0.2, 0.25) is 0 Å². The lowest BCUT2D eigenvalue weighted by Crippen LogP contribution is -2.31. The molecule has 0 saturated heterocycles. The SMILES string of the molecule is CCNC(CCN(CC)CC1CC1)c1ccc(F)cn1. The van der Waals surface area contributed by atoms with Crippen LogP contribution in [0.15, 0.2) is 18.3 Å². The van der Waals surface area contributed by atoms with Gasteiger partial charge in [0, 0.05) is 6.54 Å². The van der Waals surface area contributed by atoms with Crippen LogP contribution in [0.4, 0.5) is 4.39 Å². The van der Waals surface area contributed by atoms with Crippen LogP contribution in [0.5, 0.6) is 0 Å². The van der Waals surface area contributed by atoms with E-state index in [1.54, 1.807) is 6.07 Å². The second-order valence-corrected chi connectivity index (χ2v) is 5.64. The van der Waals surface area contributed by atoms with Crippen molar-refractivity contribution in [3.05, 3.63) is 29.8 Å². The quantitative estimate of drug-likeness (QED) is 0.753. The Kier molecular flexibility index (Phi) is 5.92. The fraction of sp³-hybridized carbons (Fsp3) is 0.688. The molecule has 112 valence electrons. The van der Waals surface area contributed by atoms with Crippen LogP contribution >= 0.6 is 0 Å². The third-order valence-electron chi connectivity index (χ3n) is 3.95. The van der Waals surface area contributed by atoms with Crippen LogP contribution < -0.4 is 5.32 Å². The molecule has 1 aromatic rings. The van der Waals surface area contributed by atoms with Gasteiger partial charge >= 0.3 is 0 Å². The van der Waals surface area contributed by atoms with Crippen LogP contribution in [0, 0.1) is 11.7 Å². The van der Waals surface area contributed by atoms with E-state index in [-0.39, 0.29) is 11.9 Å². The number of hydrogen-bond donors (Lipinski definition) is 1. The first kappa shape index (κ1) is 15.4. The number of halogens is 1. The van der Waals surface area contributed by atoms with Gasteiger partial charge < -0.3 is 10.2 Å². The maximum atomic E-state index is 13.0. The fourth-order valence-electron chi connectivity index (χ4n) is 2.55. The zero-order valence-corrected chi connectivity index (χ0v) is 12.6. The Morgan fingerprint density at radius 1 is 1.40 bits per heavy atom. The fourth-order valence-corrected chi connectivity index (χ4v) is 2.55. The van der Waals surface area contributed by atoms with Crippen LogP contribution in [-0.4, -0.2) is 36.1 Å². The van der Waals surface area contributed by atoms with Gasteiger partial charge in [-0.25, -0.2) is 4.39 Å². The summed E-state index contributed by atoms with van der Waals surface area (Å²) in [6, 6.07) is 3.50. The number of rotatable bonds is 9. The van der Waals surface area contributed by atoms with Gasteiger partial charge in [-0.1, -0.05) is 13.8 Å². The molecule has 0 aliphatic heterocycles. The summed E-state index contributed by atoms with van der Waals surface area (Å²) in [4.78, 5) is 6.74. The predicted octanol–water partition coefficient (Wildman–Crippen LogP) is 2.99. The molecule has 1 unspecified atom stereocenters. The molecule has 0 spiro atoms. The molecule has 0 amide bonds. The number of hydrogen-bond acceptors (Lipinski definition) is 3. The van der Waals surface area contributed by atoms with Crippen LogP contribution in [-0.2, 0) is 0 Å². The van der Waals surface area contributed by atoms with Gasteiger partial charge in [-0.05, 0) is 56.9 Å². The molecule has 20 heavy (non-hydrogen) atoms. The molecule has 0 aromatic carbocycles. The Labute approximate surface area is 121 Å². The number of nitrogens with one attached hydrogen (secondary N) is 1. The first-order chi connectivity index (χ1) is 9.72. The molecule has 1 atom stereocenters. The van der Waals surface area contributed by atoms with Crippen molar-refractivity contribution in [1.82, 2.24) is 15.2 Å². The maximum Gasteiger partial charge on any atom is 0.141 e. The smallest absolute Gasteiger partial charge is 0.141 e. The largest absolute Gasteiger partial charge is 0.309 e. The molecule has 1 N–H and O–H groups in total. The lowest BCUT2D eigenvalue weighted by atomic mass is 10.1. The van der Waals surface area contributed by atoms with Gasteiger partial charge in [-0.2, -0.15) is 0 Å². The highest BCUT2D eigenvalue weighted by Crippen LogP contribution is 2.30. The van der Waals surface area contributed by atoms with Gasteiger partial charge in [-0.15, -0.1) is 0 Å². The summed E-state index contributed by atoms with van der Waals surface area (Å²) in [5, 5.41) is 3.46. The Hall–Kier alpha value is -1.00. The van der Waals surface area contributed by atoms with Crippen molar-refractivity contribution in [2.75, 3.05) is 26.2 Å². The molecule has 1 fully saturated rings. The first-order valence-corrected chi connectivity index (χ1v) is 7.80. The molecule has 1 heterocycles. The predicted molar refractivity (Wildman–Crippen MR) is 80.1 cm³/mol. The van der Waals surface area contributed by atoms with E-state index in [1.807, 2.05) is 0 Å². The highest BCUT2D eigenvalue weighted by Gasteiger charge is 2.24. The Morgan fingerprint density at radius 3 is 2.75 bits per heavy atom. The third kappa shape index (κ3) is 4.84. The van der Waals surface area contributed by atoms with E-state index in [1.165, 1.54) is 31.6 Å². The molecule has 4 heteroatoms. The molecular weight excluding hydrogens is 253 g/mol. The molecule has 1 aliphatic rings. The minimum Gasteiger partial charge on any atom is -0.309 e. The number of pyridine rings is 1. The monoisotopic (exact) mass is 279 g/mol. The zero-order chi connectivity index (χ0) is 14.4. The van der Waals surface area contributed by atoms with Crippen LogP contribution in [0.25, 0.3) is 0 Å². The topological polar surface area (TPSA) is 28.2 Å². The van der Waals surface area contributed by atoms with Crippen molar-refractivity contribution >= 4 is 0 Å². The van der Waals surface area contributed by atoms with Crippen molar-refractivity contribution in [1.29, 1.82) is 0 Å². The van der Waals surface area contributed by atoms with Gasteiger partial charge in [-0.3, -0.25) is 4.98 Å². The number of nitrogens with zero attached hydrogens (tertiary/aromatic N) is 2. The lowest BCUT2D eigenvalue weighted by Gasteiger charge is -2.24. The molecular formula is C16H26FN3. The van der Waals surface area contributed by atoms with Crippen molar-refractivity contribution in [3.8, 4) is 0 Å². The molecule has 1 aromatic heterocycles. The van der Waals surface area contributed by atoms with Gasteiger partial charge in [0.15, 0.2) is 0 Å². The van der Waals surface area contributed by atoms with Gasteiger partial charge in [0.1, 0.15) is 5.82 Å². The summed E-state index contributed by atoms with van der Waals surface area (Å²) in [6.45, 7) is 8.62. The van der Waals surface area contributed by atoms with Gasteiger partial charge in [0.25, 0.3) is 0 Å². The summed E-state index contributed by atoms with van der Waals surface area (Å²) >= 11 is 0. The summed E-state index contributed by atoms with van der Waals surface area (Å²) < 4.78 is 13.0. The van der Waals surface area contributed by atoms with E-state index in [9.17, 15) is 4.39 Å². The number of aromatic nitrogens is 1. The minimum absolute atomic E-state index is 0.217. The second kappa shape index (κ2) is 7.70. The van der Waals surface area contributed by atoms with E-state index < -0.39 is 0 Å². The summed E-state index contributed by atoms with van der Waals surface area (Å²) in [5.74, 6) is 0.657. The van der Waals surface area contributed by atoms with E-state index in [2.05, 4.69) is 29.0 Å². The van der Waals surface area contributed by atoms with Gasteiger partial charge in [0.2, 0.25) is 0 Å². The van der Waals surface area contributed by atoms with E-state index in [0.717, 1.165) is 37.7 Å². The minimum atomic E-state index is -0.270. The normalized spacial score (nSPS) is 16.6. The zero-order valence-electron chi connectivity index (χ0n) is 12.6. The standard InChI is InChI=1S/C16H26FN3/c1-3-18-16(15-8-7-14(17)11-19-15)9-10-20(4-2)12-13-5-6-13/h7-8,11,13,16,18H,3-6,9-10,12H2,1-2H3. The first-order valence-electron chi connectivity index (χ1n) is 7.80. The Morgan fingerprint density at radius 2 is 2.20 bits per heavy atom. The van der Waals surface area contributed by atoms with Crippen molar-refractivity contribution in [2.24, 2.45) is 5.92 Å². The van der Waals surface area contributed by atoms with E-state index in [0.29, 0.717) is 0 Å². The third-order valence-corrected chi connectivity index (χ3v) is 3.95. The van der Waals surface area contributed by atoms with Gasteiger partial charge in [0.05, 0.1) is 17.9 Å². The summed E-state index contributed by atoms with van der Waals surface area (Å²) in [5.41, 5.74) is 0.940. The summed E-state index contributed by atoms with van der Waals surface area (Å²) in [7, 11) is 0. The van der Waals surface area contributed by atoms with Crippen molar-refractivity contribution in [3.63, 3.8) is 0 Å². The molecule has 0 radical (unpaired) electrons. The Balaban J connectivity index is 1.88. The van der Waals surface area contributed by atoms with Crippen LogP contribution in [0.3, 0.4) is 0 Å². The molecule has 3 nitrogen and oxygen atoms in total. The van der Waals surface area contributed by atoms with Crippen LogP contribution in [0.1, 0.15) is 44.8 Å². The van der Waals surface area contributed by atoms with E-state index in [4.69, 9.17) is 0 Å². The highest BCUT2D eigenvalue weighted by molar-refractivity contribution is 5.10.